The topological polar surface area (TPSA) is 9.86 Å². The lowest BCUT2D eigenvalue weighted by Crippen LogP contribution is -2.17. The maximum Gasteiger partial charge on any atom is 0.0544 e. The molecular formula is C74H54N2. The van der Waals surface area contributed by atoms with Crippen LogP contribution in [-0.2, 0) is 17.3 Å². The van der Waals surface area contributed by atoms with Crippen LogP contribution in [0.1, 0.15) is 72.6 Å². The zero-order valence-corrected chi connectivity index (χ0v) is 43.2. The summed E-state index contributed by atoms with van der Waals surface area (Å²) in [6.45, 7) is 9.55. The van der Waals surface area contributed by atoms with Crippen LogP contribution >= 0.6 is 0 Å². The summed E-state index contributed by atoms with van der Waals surface area (Å²) < 4.78 is 4.92. The number of fused-ring (bicyclic) bond motifs is 15. The molecule has 360 valence electrons. The summed E-state index contributed by atoms with van der Waals surface area (Å²) in [5.74, 6) is 0.270. The molecule has 2 heteroatoms. The average molecular weight is 971 g/mol. The Kier molecular flexibility index (Phi) is 9.01. The SMILES string of the molecule is CC1(C)c2ccccc2-c2cc3c(cc21)CC(c1ccccc1)c1ccc(-c2ccc4c(c2)c2cc(-c5ccc6c(c5)c5cc7c(cc5n6-c5ccccc5)C(C)(C)c5ccccc5-7)ccc2n4-c2ccccc2)cc1-3. The molecule has 2 heterocycles. The standard InChI is InChI=1S/C74H54N2/c1-73(2)65-26-16-14-24-54(65)59-42-57-50(41-67(59)73)40-56(45-18-8-5-9-19-45)53-32-28-46(36-58(53)57)47-29-33-69-61(37-47)62-38-48(30-34-70(62)75(69)51-20-10-6-11-21-51)49-31-35-71-63(39-49)64-43-60-55-25-15-17-27-66(55)74(3,4)68(60)44-72(64)76(71)52-22-12-7-13-23-52/h5-39,41-44,56H,40H2,1-4H3. The third kappa shape index (κ3) is 6.10. The molecule has 2 nitrogen and oxygen atoms in total. The predicted octanol–water partition coefficient (Wildman–Crippen LogP) is 19.2. The van der Waals surface area contributed by atoms with Crippen molar-refractivity contribution >= 4 is 43.6 Å². The van der Waals surface area contributed by atoms with E-state index in [2.05, 4.69) is 273 Å². The van der Waals surface area contributed by atoms with Gasteiger partial charge in [0, 0.05) is 49.7 Å². The summed E-state index contributed by atoms with van der Waals surface area (Å²) in [5.41, 5.74) is 29.9. The van der Waals surface area contributed by atoms with E-state index in [4.69, 9.17) is 0 Å². The van der Waals surface area contributed by atoms with Crippen LogP contribution in [0.2, 0.25) is 0 Å². The lowest BCUT2D eigenvalue weighted by atomic mass is 9.73. The van der Waals surface area contributed by atoms with Crippen LogP contribution in [0.15, 0.2) is 237 Å². The molecule has 0 aliphatic heterocycles. The van der Waals surface area contributed by atoms with Gasteiger partial charge in [-0.1, -0.05) is 179 Å². The summed E-state index contributed by atoms with van der Waals surface area (Å²) in [4.78, 5) is 0. The molecular weight excluding hydrogens is 917 g/mol. The predicted molar refractivity (Wildman–Crippen MR) is 319 cm³/mol. The van der Waals surface area contributed by atoms with Crippen LogP contribution in [0.5, 0.6) is 0 Å². The van der Waals surface area contributed by atoms with Gasteiger partial charge >= 0.3 is 0 Å². The van der Waals surface area contributed by atoms with Gasteiger partial charge in [0.2, 0.25) is 0 Å². The van der Waals surface area contributed by atoms with E-state index in [1.165, 1.54) is 144 Å². The number of nitrogens with zero attached hydrogens (tertiary/aromatic N) is 2. The molecule has 0 spiro atoms. The first-order valence-corrected chi connectivity index (χ1v) is 27.1. The van der Waals surface area contributed by atoms with Crippen molar-refractivity contribution in [3.05, 3.63) is 276 Å². The quantitative estimate of drug-likeness (QED) is 0.163. The van der Waals surface area contributed by atoms with Crippen LogP contribution in [0.25, 0.3) is 111 Å². The van der Waals surface area contributed by atoms with Crippen LogP contribution < -0.4 is 0 Å². The normalized spacial score (nSPS) is 15.4. The van der Waals surface area contributed by atoms with Crippen molar-refractivity contribution in [2.75, 3.05) is 0 Å². The van der Waals surface area contributed by atoms with Crippen LogP contribution in [-0.4, -0.2) is 9.13 Å². The van der Waals surface area contributed by atoms with Gasteiger partial charge in [0.1, 0.15) is 0 Å². The van der Waals surface area contributed by atoms with Crippen molar-refractivity contribution < 1.29 is 0 Å². The van der Waals surface area contributed by atoms with E-state index in [1.807, 2.05) is 0 Å². The Bertz CT molecular complexity index is 4580. The molecule has 0 radical (unpaired) electrons. The van der Waals surface area contributed by atoms with E-state index >= 15 is 0 Å². The highest BCUT2D eigenvalue weighted by molar-refractivity contribution is 6.14. The molecule has 3 aliphatic carbocycles. The third-order valence-corrected chi connectivity index (χ3v) is 18.1. The number of para-hydroxylation sites is 2. The molecule has 11 aromatic carbocycles. The molecule has 0 saturated carbocycles. The van der Waals surface area contributed by atoms with Gasteiger partial charge in [0.05, 0.1) is 22.1 Å². The van der Waals surface area contributed by atoms with E-state index < -0.39 is 0 Å². The highest BCUT2D eigenvalue weighted by Crippen LogP contribution is 2.55. The van der Waals surface area contributed by atoms with E-state index in [1.54, 1.807) is 0 Å². The Morgan fingerprint density at radius 1 is 0.316 bits per heavy atom. The smallest absolute Gasteiger partial charge is 0.0544 e. The number of benzene rings is 11. The van der Waals surface area contributed by atoms with Gasteiger partial charge < -0.3 is 9.13 Å². The fraction of sp³-hybridized carbons (Fsp3) is 0.108. The number of hydrogen-bond donors (Lipinski definition) is 0. The molecule has 0 bridgehead atoms. The lowest BCUT2D eigenvalue weighted by Gasteiger charge is -2.31. The second kappa shape index (κ2) is 15.8. The van der Waals surface area contributed by atoms with Gasteiger partial charge in [-0.15, -0.1) is 0 Å². The average Bonchev–Trinajstić information content (AvgIpc) is 4.25. The zero-order chi connectivity index (χ0) is 50.6. The van der Waals surface area contributed by atoms with Crippen molar-refractivity contribution in [3.8, 4) is 67.0 Å². The fourth-order valence-corrected chi connectivity index (χ4v) is 14.3. The van der Waals surface area contributed by atoms with Crippen molar-refractivity contribution in [1.82, 2.24) is 9.13 Å². The summed E-state index contributed by atoms with van der Waals surface area (Å²) in [7, 11) is 0. The minimum absolute atomic E-state index is 0.0553. The maximum atomic E-state index is 2.56. The Morgan fingerprint density at radius 3 is 1.30 bits per heavy atom. The van der Waals surface area contributed by atoms with E-state index in [-0.39, 0.29) is 16.7 Å². The zero-order valence-electron chi connectivity index (χ0n) is 43.2. The highest BCUT2D eigenvalue weighted by Gasteiger charge is 2.39. The molecule has 1 unspecified atom stereocenters. The summed E-state index contributed by atoms with van der Waals surface area (Å²) in [6.07, 6.45) is 0.982. The van der Waals surface area contributed by atoms with Gasteiger partial charge in [-0.3, -0.25) is 0 Å². The molecule has 16 rings (SSSR count). The van der Waals surface area contributed by atoms with E-state index in [0.29, 0.717) is 0 Å². The molecule has 3 aliphatic rings. The largest absolute Gasteiger partial charge is 0.309 e. The summed E-state index contributed by atoms with van der Waals surface area (Å²) in [6, 6.07) is 89.7. The molecule has 0 N–H and O–H groups in total. The molecule has 13 aromatic rings. The van der Waals surface area contributed by atoms with Crippen molar-refractivity contribution in [1.29, 1.82) is 0 Å². The van der Waals surface area contributed by atoms with E-state index in [9.17, 15) is 0 Å². The monoisotopic (exact) mass is 970 g/mol. The lowest BCUT2D eigenvalue weighted by molar-refractivity contribution is 0.658. The number of hydrogen-bond acceptors (Lipinski definition) is 0. The number of aromatic nitrogens is 2. The first-order valence-electron chi connectivity index (χ1n) is 27.1. The Labute approximate surface area is 443 Å². The van der Waals surface area contributed by atoms with Crippen LogP contribution in [0.4, 0.5) is 0 Å². The molecule has 0 amide bonds. The van der Waals surface area contributed by atoms with E-state index in [0.717, 1.165) is 12.1 Å². The van der Waals surface area contributed by atoms with Gasteiger partial charge in [-0.25, -0.2) is 0 Å². The third-order valence-electron chi connectivity index (χ3n) is 18.1. The molecule has 2 aromatic heterocycles. The minimum Gasteiger partial charge on any atom is -0.309 e. The van der Waals surface area contributed by atoms with Crippen molar-refractivity contribution in [3.63, 3.8) is 0 Å². The molecule has 76 heavy (non-hydrogen) atoms. The fourth-order valence-electron chi connectivity index (χ4n) is 14.3. The Morgan fingerprint density at radius 2 is 0.750 bits per heavy atom. The molecule has 0 saturated heterocycles. The Hall–Kier alpha value is -8.98. The van der Waals surface area contributed by atoms with Gasteiger partial charge in [-0.05, 0) is 186 Å². The minimum atomic E-state index is -0.0978. The van der Waals surface area contributed by atoms with Gasteiger partial charge in [0.25, 0.3) is 0 Å². The first-order chi connectivity index (χ1) is 37.2. The van der Waals surface area contributed by atoms with Gasteiger partial charge in [0.15, 0.2) is 0 Å². The van der Waals surface area contributed by atoms with Crippen molar-refractivity contribution in [2.45, 2.75) is 50.9 Å². The molecule has 0 fully saturated rings. The summed E-state index contributed by atoms with van der Waals surface area (Å²) >= 11 is 0. The molecule has 1 atom stereocenters. The van der Waals surface area contributed by atoms with Crippen molar-refractivity contribution in [2.24, 2.45) is 0 Å². The first kappa shape index (κ1) is 43.4. The number of rotatable bonds is 5. The second-order valence-corrected chi connectivity index (χ2v) is 22.8. The van der Waals surface area contributed by atoms with Crippen LogP contribution in [0, 0.1) is 0 Å². The van der Waals surface area contributed by atoms with Crippen LogP contribution in [0.3, 0.4) is 0 Å². The second-order valence-electron chi connectivity index (χ2n) is 22.8. The van der Waals surface area contributed by atoms with Gasteiger partial charge in [-0.2, -0.15) is 0 Å². The highest BCUT2D eigenvalue weighted by atomic mass is 15.0. The Balaban J connectivity index is 0.878. The summed E-state index contributed by atoms with van der Waals surface area (Å²) in [5, 5.41) is 5.02. The maximum absolute atomic E-state index is 2.56.